The lowest BCUT2D eigenvalue weighted by Gasteiger charge is -2.18. The van der Waals surface area contributed by atoms with Crippen LogP contribution in [0, 0.1) is 6.92 Å². The maximum atomic E-state index is 11.2. The van der Waals surface area contributed by atoms with Gasteiger partial charge in [0.15, 0.2) is 0 Å². The molecule has 0 amide bonds. The Morgan fingerprint density at radius 2 is 2.24 bits per heavy atom. The van der Waals surface area contributed by atoms with Gasteiger partial charge >= 0.3 is 5.97 Å². The van der Waals surface area contributed by atoms with Crippen molar-refractivity contribution in [1.29, 1.82) is 0 Å². The van der Waals surface area contributed by atoms with E-state index >= 15 is 0 Å². The van der Waals surface area contributed by atoms with Gasteiger partial charge < -0.3 is 9.64 Å². The maximum absolute atomic E-state index is 11.2. The summed E-state index contributed by atoms with van der Waals surface area (Å²) in [6, 6.07) is 3.88. The number of carbonyl (C=O) groups is 1. The summed E-state index contributed by atoms with van der Waals surface area (Å²) in [7, 11) is 1.91. The number of ether oxygens (including phenoxy) is 1. The van der Waals surface area contributed by atoms with Gasteiger partial charge in [-0.05, 0) is 41.9 Å². The largest absolute Gasteiger partial charge is 0.466 e. The molecule has 0 saturated heterocycles. The second kappa shape index (κ2) is 6.59. The van der Waals surface area contributed by atoms with Crippen LogP contribution in [0.3, 0.4) is 0 Å². The number of anilines is 1. The molecule has 0 spiro atoms. The Kier molecular flexibility index (Phi) is 5.41. The monoisotopic (exact) mass is 300 g/mol. The highest BCUT2D eigenvalue weighted by atomic mass is 79.9. The number of pyridine rings is 1. The lowest BCUT2D eigenvalue weighted by atomic mass is 10.3. The fourth-order valence-corrected chi connectivity index (χ4v) is 1.57. The highest BCUT2D eigenvalue weighted by Gasteiger charge is 2.07. The third-order valence-corrected chi connectivity index (χ3v) is 3.19. The van der Waals surface area contributed by atoms with E-state index in [1.165, 1.54) is 0 Å². The predicted molar refractivity (Wildman–Crippen MR) is 71.2 cm³/mol. The minimum absolute atomic E-state index is 0.173. The molecule has 0 aromatic carbocycles. The molecular weight excluding hydrogens is 284 g/mol. The number of hydrogen-bond acceptors (Lipinski definition) is 4. The van der Waals surface area contributed by atoms with Gasteiger partial charge in [0.05, 0.1) is 18.7 Å². The molecule has 94 valence electrons. The molecule has 4 nitrogen and oxygen atoms in total. The van der Waals surface area contributed by atoms with Gasteiger partial charge in [0.1, 0.15) is 5.82 Å². The normalized spacial score (nSPS) is 10.1. The predicted octanol–water partition coefficient (Wildman–Crippen LogP) is 2.54. The zero-order chi connectivity index (χ0) is 12.8. The molecule has 0 aliphatic carbocycles. The SMILES string of the molecule is CCOC(=O)CCN(C)c1ccc(Br)c(C)n1. The molecule has 0 N–H and O–H groups in total. The number of esters is 1. The van der Waals surface area contributed by atoms with Gasteiger partial charge in [0.2, 0.25) is 0 Å². The summed E-state index contributed by atoms with van der Waals surface area (Å²) in [6.07, 6.45) is 0.376. The summed E-state index contributed by atoms with van der Waals surface area (Å²) < 4.78 is 5.86. The van der Waals surface area contributed by atoms with Crippen LogP contribution in [0.2, 0.25) is 0 Å². The zero-order valence-corrected chi connectivity index (χ0v) is 12.0. The Labute approximate surface area is 110 Å². The van der Waals surface area contributed by atoms with E-state index in [9.17, 15) is 4.79 Å². The van der Waals surface area contributed by atoms with E-state index in [1.807, 2.05) is 31.0 Å². The van der Waals surface area contributed by atoms with E-state index < -0.39 is 0 Å². The van der Waals surface area contributed by atoms with Crippen molar-refractivity contribution < 1.29 is 9.53 Å². The molecule has 0 aliphatic heterocycles. The van der Waals surface area contributed by atoms with Crippen LogP contribution < -0.4 is 4.90 Å². The van der Waals surface area contributed by atoms with Crippen LogP contribution in [-0.2, 0) is 9.53 Å². The molecule has 0 bridgehead atoms. The first-order valence-electron chi connectivity index (χ1n) is 5.54. The Balaban J connectivity index is 2.54. The second-order valence-corrected chi connectivity index (χ2v) is 4.57. The molecule has 0 unspecified atom stereocenters. The van der Waals surface area contributed by atoms with Crippen molar-refractivity contribution in [1.82, 2.24) is 4.98 Å². The Morgan fingerprint density at radius 3 is 2.82 bits per heavy atom. The Hall–Kier alpha value is -1.10. The first-order valence-corrected chi connectivity index (χ1v) is 6.33. The molecule has 1 aromatic heterocycles. The summed E-state index contributed by atoms with van der Waals surface area (Å²) in [4.78, 5) is 17.6. The molecule has 0 fully saturated rings. The van der Waals surface area contributed by atoms with Crippen molar-refractivity contribution >= 4 is 27.7 Å². The van der Waals surface area contributed by atoms with Crippen LogP contribution in [0.1, 0.15) is 19.0 Å². The number of halogens is 1. The molecule has 0 radical (unpaired) electrons. The van der Waals surface area contributed by atoms with Crippen molar-refractivity contribution in [2.75, 3.05) is 25.1 Å². The van der Waals surface area contributed by atoms with Crippen LogP contribution in [0.25, 0.3) is 0 Å². The number of rotatable bonds is 5. The van der Waals surface area contributed by atoms with Crippen molar-refractivity contribution in [3.8, 4) is 0 Å². The molecule has 17 heavy (non-hydrogen) atoms. The maximum Gasteiger partial charge on any atom is 0.307 e. The standard InChI is InChI=1S/C12H17BrN2O2/c1-4-17-12(16)7-8-15(3)11-6-5-10(13)9(2)14-11/h5-6H,4,7-8H2,1-3H3. The van der Waals surface area contributed by atoms with Gasteiger partial charge in [-0.15, -0.1) is 0 Å². The number of hydrogen-bond donors (Lipinski definition) is 0. The van der Waals surface area contributed by atoms with Gasteiger partial charge in [-0.1, -0.05) is 0 Å². The van der Waals surface area contributed by atoms with Gasteiger partial charge in [-0.25, -0.2) is 4.98 Å². The van der Waals surface area contributed by atoms with E-state index in [2.05, 4.69) is 20.9 Å². The van der Waals surface area contributed by atoms with Crippen LogP contribution in [-0.4, -0.2) is 31.2 Å². The van der Waals surface area contributed by atoms with Crippen molar-refractivity contribution in [2.24, 2.45) is 0 Å². The smallest absolute Gasteiger partial charge is 0.307 e. The van der Waals surface area contributed by atoms with Crippen LogP contribution in [0.4, 0.5) is 5.82 Å². The molecule has 0 atom stereocenters. The van der Waals surface area contributed by atoms with E-state index in [1.54, 1.807) is 6.92 Å². The average molecular weight is 301 g/mol. The van der Waals surface area contributed by atoms with E-state index in [-0.39, 0.29) is 5.97 Å². The fraction of sp³-hybridized carbons (Fsp3) is 0.500. The average Bonchev–Trinajstić information content (AvgIpc) is 2.30. The molecule has 1 rings (SSSR count). The highest BCUT2D eigenvalue weighted by molar-refractivity contribution is 9.10. The lowest BCUT2D eigenvalue weighted by Crippen LogP contribution is -2.23. The third-order valence-electron chi connectivity index (χ3n) is 2.35. The van der Waals surface area contributed by atoms with Crippen molar-refractivity contribution in [3.63, 3.8) is 0 Å². The van der Waals surface area contributed by atoms with Gasteiger partial charge in [-0.3, -0.25) is 4.79 Å². The summed E-state index contributed by atoms with van der Waals surface area (Å²) >= 11 is 3.41. The molecular formula is C12H17BrN2O2. The van der Waals surface area contributed by atoms with Gasteiger partial charge in [0, 0.05) is 18.1 Å². The molecule has 1 aromatic rings. The summed E-state index contributed by atoms with van der Waals surface area (Å²) in [5.74, 6) is 0.684. The summed E-state index contributed by atoms with van der Waals surface area (Å²) in [5.41, 5.74) is 0.936. The first-order chi connectivity index (χ1) is 8.04. The van der Waals surface area contributed by atoms with Crippen LogP contribution in [0.15, 0.2) is 16.6 Å². The minimum atomic E-state index is -0.173. The quantitative estimate of drug-likeness (QED) is 0.784. The van der Waals surface area contributed by atoms with E-state index in [0.29, 0.717) is 19.6 Å². The number of aromatic nitrogens is 1. The van der Waals surface area contributed by atoms with Crippen LogP contribution >= 0.6 is 15.9 Å². The second-order valence-electron chi connectivity index (χ2n) is 3.71. The minimum Gasteiger partial charge on any atom is -0.466 e. The van der Waals surface area contributed by atoms with E-state index in [4.69, 9.17) is 4.74 Å². The molecule has 0 aliphatic rings. The Morgan fingerprint density at radius 1 is 1.53 bits per heavy atom. The zero-order valence-electron chi connectivity index (χ0n) is 10.4. The Bertz CT molecular complexity index is 396. The van der Waals surface area contributed by atoms with Crippen LogP contribution in [0.5, 0.6) is 0 Å². The summed E-state index contributed by atoms with van der Waals surface area (Å²) in [5, 5.41) is 0. The van der Waals surface area contributed by atoms with Gasteiger partial charge in [-0.2, -0.15) is 0 Å². The molecule has 1 heterocycles. The molecule has 5 heteroatoms. The first kappa shape index (κ1) is 14.0. The topological polar surface area (TPSA) is 42.4 Å². The number of carbonyl (C=O) groups excluding carboxylic acids is 1. The van der Waals surface area contributed by atoms with Crippen molar-refractivity contribution in [2.45, 2.75) is 20.3 Å². The number of nitrogens with zero attached hydrogens (tertiary/aromatic N) is 2. The third kappa shape index (κ3) is 4.34. The number of aryl methyl sites for hydroxylation is 1. The molecule has 0 saturated carbocycles. The van der Waals surface area contributed by atoms with E-state index in [0.717, 1.165) is 16.0 Å². The van der Waals surface area contributed by atoms with Crippen molar-refractivity contribution in [3.05, 3.63) is 22.3 Å². The lowest BCUT2D eigenvalue weighted by molar-refractivity contribution is -0.142. The summed E-state index contributed by atoms with van der Waals surface area (Å²) in [6.45, 7) is 4.78. The fourth-order valence-electron chi connectivity index (χ4n) is 1.35. The highest BCUT2D eigenvalue weighted by Crippen LogP contribution is 2.18. The van der Waals surface area contributed by atoms with Gasteiger partial charge in [0.25, 0.3) is 0 Å².